The van der Waals surface area contributed by atoms with Crippen molar-refractivity contribution in [3.05, 3.63) is 59.7 Å². The lowest BCUT2D eigenvalue weighted by Crippen LogP contribution is -2.46. The fourth-order valence-corrected chi connectivity index (χ4v) is 3.49. The summed E-state index contributed by atoms with van der Waals surface area (Å²) >= 11 is 0. The van der Waals surface area contributed by atoms with Gasteiger partial charge in [0.05, 0.1) is 5.92 Å². The van der Waals surface area contributed by atoms with Gasteiger partial charge in [0.15, 0.2) is 0 Å². The number of para-hydroxylation sites is 1. The molecular formula is C22H25F2N3O3. The number of aryl methyl sites for hydroxylation is 1. The second-order valence-electron chi connectivity index (χ2n) is 7.29. The lowest BCUT2D eigenvalue weighted by atomic mass is 9.97. The standard InChI is InChI=1S/C22H25F2N3O3/c1-15-6-4-9-18(12-15)26-22(29)27-11-5-8-17(14-27)20(28)25-13-16-7-2-3-10-19(16)30-21(23)24/h2-4,6-7,9-10,12,17,21H,5,8,11,13-14H2,1H3,(H,25,28)(H,26,29). The van der Waals surface area contributed by atoms with Crippen LogP contribution in [0.2, 0.25) is 0 Å². The third-order valence-corrected chi connectivity index (χ3v) is 4.99. The molecule has 1 atom stereocenters. The summed E-state index contributed by atoms with van der Waals surface area (Å²) in [4.78, 5) is 26.8. The Labute approximate surface area is 174 Å². The van der Waals surface area contributed by atoms with Crippen LogP contribution in [0.15, 0.2) is 48.5 Å². The Bertz CT molecular complexity index is 891. The zero-order chi connectivity index (χ0) is 21.5. The van der Waals surface area contributed by atoms with Gasteiger partial charge in [-0.1, -0.05) is 30.3 Å². The first-order valence-corrected chi connectivity index (χ1v) is 9.85. The van der Waals surface area contributed by atoms with Crippen molar-refractivity contribution in [1.82, 2.24) is 10.2 Å². The van der Waals surface area contributed by atoms with Crippen LogP contribution in [0, 0.1) is 12.8 Å². The summed E-state index contributed by atoms with van der Waals surface area (Å²) in [7, 11) is 0. The number of hydrogen-bond donors (Lipinski definition) is 2. The molecule has 3 amide bonds. The molecule has 160 valence electrons. The molecular weight excluding hydrogens is 392 g/mol. The summed E-state index contributed by atoms with van der Waals surface area (Å²) in [5.41, 5.74) is 2.22. The predicted molar refractivity (Wildman–Crippen MR) is 109 cm³/mol. The molecule has 6 nitrogen and oxygen atoms in total. The largest absolute Gasteiger partial charge is 0.434 e. The monoisotopic (exact) mass is 417 g/mol. The molecule has 0 spiro atoms. The number of halogens is 2. The number of carbonyl (C=O) groups is 2. The highest BCUT2D eigenvalue weighted by molar-refractivity contribution is 5.90. The summed E-state index contributed by atoms with van der Waals surface area (Å²) in [5, 5.41) is 5.64. The van der Waals surface area contributed by atoms with Crippen LogP contribution in [0.1, 0.15) is 24.0 Å². The molecule has 1 saturated heterocycles. The van der Waals surface area contributed by atoms with Crippen LogP contribution >= 0.6 is 0 Å². The van der Waals surface area contributed by atoms with Crippen molar-refractivity contribution in [2.75, 3.05) is 18.4 Å². The number of benzene rings is 2. The Morgan fingerprint density at radius 1 is 1.20 bits per heavy atom. The minimum absolute atomic E-state index is 0.0376. The second kappa shape index (κ2) is 10.0. The summed E-state index contributed by atoms with van der Waals surface area (Å²) in [5.74, 6) is -0.532. The lowest BCUT2D eigenvalue weighted by molar-refractivity contribution is -0.126. The highest BCUT2D eigenvalue weighted by Crippen LogP contribution is 2.22. The van der Waals surface area contributed by atoms with E-state index in [-0.39, 0.29) is 30.2 Å². The first-order valence-electron chi connectivity index (χ1n) is 9.85. The zero-order valence-electron chi connectivity index (χ0n) is 16.7. The Morgan fingerprint density at radius 2 is 2.00 bits per heavy atom. The molecule has 1 aliphatic rings. The summed E-state index contributed by atoms with van der Waals surface area (Å²) in [6, 6.07) is 13.6. The number of likely N-dealkylation sites (tertiary alicyclic amines) is 1. The first-order chi connectivity index (χ1) is 14.4. The molecule has 3 rings (SSSR count). The number of urea groups is 1. The number of rotatable bonds is 6. The zero-order valence-corrected chi connectivity index (χ0v) is 16.7. The van der Waals surface area contributed by atoms with E-state index in [4.69, 9.17) is 0 Å². The van der Waals surface area contributed by atoms with Crippen molar-refractivity contribution >= 4 is 17.6 Å². The van der Waals surface area contributed by atoms with Gasteiger partial charge in [0, 0.05) is 30.9 Å². The molecule has 2 aromatic carbocycles. The van der Waals surface area contributed by atoms with E-state index >= 15 is 0 Å². The van der Waals surface area contributed by atoms with E-state index in [0.717, 1.165) is 5.56 Å². The molecule has 0 radical (unpaired) electrons. The number of amides is 3. The minimum atomic E-state index is -2.93. The molecule has 8 heteroatoms. The van der Waals surface area contributed by atoms with Gasteiger partial charge >= 0.3 is 12.6 Å². The number of carbonyl (C=O) groups excluding carboxylic acids is 2. The maximum atomic E-state index is 12.6. The topological polar surface area (TPSA) is 70.7 Å². The van der Waals surface area contributed by atoms with Crippen molar-refractivity contribution in [1.29, 1.82) is 0 Å². The van der Waals surface area contributed by atoms with Crippen LogP contribution in [0.25, 0.3) is 0 Å². The van der Waals surface area contributed by atoms with Crippen molar-refractivity contribution in [3.8, 4) is 5.75 Å². The summed E-state index contributed by atoms with van der Waals surface area (Å²) in [6.07, 6.45) is 1.37. The number of piperidine rings is 1. The number of alkyl halides is 2. The maximum Gasteiger partial charge on any atom is 0.387 e. The van der Waals surface area contributed by atoms with Gasteiger partial charge in [-0.05, 0) is 43.5 Å². The van der Waals surface area contributed by atoms with E-state index in [2.05, 4.69) is 15.4 Å². The van der Waals surface area contributed by atoms with Gasteiger partial charge in [0.25, 0.3) is 0 Å². The van der Waals surface area contributed by atoms with Gasteiger partial charge in [-0.15, -0.1) is 0 Å². The highest BCUT2D eigenvalue weighted by Gasteiger charge is 2.28. The Kier molecular flexibility index (Phi) is 7.21. The van der Waals surface area contributed by atoms with Crippen LogP contribution in [-0.2, 0) is 11.3 Å². The average molecular weight is 417 g/mol. The fourth-order valence-electron chi connectivity index (χ4n) is 3.49. The second-order valence-corrected chi connectivity index (χ2v) is 7.29. The average Bonchev–Trinajstić information content (AvgIpc) is 2.72. The van der Waals surface area contributed by atoms with E-state index in [1.54, 1.807) is 23.1 Å². The predicted octanol–water partition coefficient (Wildman–Crippen LogP) is 4.16. The van der Waals surface area contributed by atoms with Gasteiger partial charge in [-0.3, -0.25) is 4.79 Å². The van der Waals surface area contributed by atoms with Crippen LogP contribution < -0.4 is 15.4 Å². The van der Waals surface area contributed by atoms with Gasteiger partial charge in [-0.2, -0.15) is 8.78 Å². The lowest BCUT2D eigenvalue weighted by Gasteiger charge is -2.32. The van der Waals surface area contributed by atoms with Crippen molar-refractivity contribution < 1.29 is 23.1 Å². The van der Waals surface area contributed by atoms with Crippen LogP contribution in [-0.4, -0.2) is 36.5 Å². The first kappa shape index (κ1) is 21.5. The molecule has 2 N–H and O–H groups in total. The van der Waals surface area contributed by atoms with Gasteiger partial charge in [0.1, 0.15) is 5.75 Å². The Balaban J connectivity index is 1.55. The molecule has 0 aliphatic carbocycles. The molecule has 1 heterocycles. The highest BCUT2D eigenvalue weighted by atomic mass is 19.3. The van der Waals surface area contributed by atoms with E-state index < -0.39 is 6.61 Å². The molecule has 0 bridgehead atoms. The SMILES string of the molecule is Cc1cccc(NC(=O)N2CCCC(C(=O)NCc3ccccc3OC(F)F)C2)c1. The Hall–Kier alpha value is -3.16. The molecule has 1 aliphatic heterocycles. The van der Waals surface area contributed by atoms with E-state index in [0.29, 0.717) is 37.2 Å². The molecule has 2 aromatic rings. The van der Waals surface area contributed by atoms with Crippen LogP contribution in [0.5, 0.6) is 5.75 Å². The van der Waals surface area contributed by atoms with E-state index in [1.165, 1.54) is 6.07 Å². The number of ether oxygens (including phenoxy) is 1. The van der Waals surface area contributed by atoms with Crippen molar-refractivity contribution in [2.45, 2.75) is 32.9 Å². The molecule has 30 heavy (non-hydrogen) atoms. The molecule has 0 aromatic heterocycles. The number of nitrogens with one attached hydrogen (secondary N) is 2. The third kappa shape index (κ3) is 5.92. The van der Waals surface area contributed by atoms with E-state index in [9.17, 15) is 18.4 Å². The third-order valence-electron chi connectivity index (χ3n) is 4.99. The minimum Gasteiger partial charge on any atom is -0.434 e. The van der Waals surface area contributed by atoms with Crippen molar-refractivity contribution in [2.24, 2.45) is 5.92 Å². The van der Waals surface area contributed by atoms with Gasteiger partial charge in [-0.25, -0.2) is 4.79 Å². The summed E-state index contributed by atoms with van der Waals surface area (Å²) < 4.78 is 29.6. The molecule has 1 fully saturated rings. The van der Waals surface area contributed by atoms with Gasteiger partial charge < -0.3 is 20.3 Å². The van der Waals surface area contributed by atoms with Crippen LogP contribution in [0.4, 0.5) is 19.3 Å². The quantitative estimate of drug-likeness (QED) is 0.742. The number of anilines is 1. The smallest absolute Gasteiger partial charge is 0.387 e. The van der Waals surface area contributed by atoms with Gasteiger partial charge in [0.2, 0.25) is 5.91 Å². The Morgan fingerprint density at radius 3 is 2.77 bits per heavy atom. The van der Waals surface area contributed by atoms with E-state index in [1.807, 2.05) is 31.2 Å². The normalized spacial score (nSPS) is 16.3. The van der Waals surface area contributed by atoms with Crippen molar-refractivity contribution in [3.63, 3.8) is 0 Å². The summed E-state index contributed by atoms with van der Waals surface area (Å²) in [6.45, 7) is -0.0269. The fraction of sp³-hybridized carbons (Fsp3) is 0.364. The maximum absolute atomic E-state index is 12.6. The number of nitrogens with zero attached hydrogens (tertiary/aromatic N) is 1. The molecule has 1 unspecified atom stereocenters. The number of hydrogen-bond acceptors (Lipinski definition) is 3. The van der Waals surface area contributed by atoms with Crippen LogP contribution in [0.3, 0.4) is 0 Å². The molecule has 0 saturated carbocycles.